The van der Waals surface area contributed by atoms with E-state index in [1.54, 1.807) is 0 Å². The van der Waals surface area contributed by atoms with Crippen molar-refractivity contribution in [1.29, 1.82) is 0 Å². The van der Waals surface area contributed by atoms with E-state index in [2.05, 4.69) is 22.4 Å². The van der Waals surface area contributed by atoms with Crippen LogP contribution >= 0.6 is 0 Å². The highest BCUT2D eigenvalue weighted by Crippen LogP contribution is 2.21. The number of rotatable bonds is 6. The normalized spacial score (nSPS) is 14.8. The van der Waals surface area contributed by atoms with E-state index < -0.39 is 0 Å². The first-order valence-corrected chi connectivity index (χ1v) is 7.10. The molecule has 3 heteroatoms. The standard InChI is InChI=1S/C16H20N2O/c1-2-19-15-5-6-16-13(10-15)9-12(11-18-16)7-8-17-14-3-4-14/h5-6,9-11,14,17H,2-4,7-8H2,1H3. The van der Waals surface area contributed by atoms with Gasteiger partial charge in [-0.3, -0.25) is 4.98 Å². The Morgan fingerprint density at radius 2 is 2.21 bits per heavy atom. The summed E-state index contributed by atoms with van der Waals surface area (Å²) in [5, 5.41) is 4.69. The quantitative estimate of drug-likeness (QED) is 0.863. The van der Waals surface area contributed by atoms with Crippen LogP contribution in [0, 0.1) is 0 Å². The Kier molecular flexibility index (Phi) is 3.65. The molecule has 1 aliphatic carbocycles. The Hall–Kier alpha value is -1.61. The molecule has 0 unspecified atom stereocenters. The fraction of sp³-hybridized carbons (Fsp3) is 0.438. The highest BCUT2D eigenvalue weighted by Gasteiger charge is 2.19. The average Bonchev–Trinajstić information content (AvgIpc) is 3.23. The molecular formula is C16H20N2O. The van der Waals surface area contributed by atoms with Gasteiger partial charge in [0.05, 0.1) is 12.1 Å². The van der Waals surface area contributed by atoms with Crippen molar-refractivity contribution in [3.63, 3.8) is 0 Å². The first kappa shape index (κ1) is 12.4. The summed E-state index contributed by atoms with van der Waals surface area (Å²) in [6.45, 7) is 3.75. The van der Waals surface area contributed by atoms with E-state index in [4.69, 9.17) is 4.74 Å². The molecule has 0 atom stereocenters. The Labute approximate surface area is 114 Å². The predicted molar refractivity (Wildman–Crippen MR) is 77.6 cm³/mol. The largest absolute Gasteiger partial charge is 0.494 e. The second-order valence-corrected chi connectivity index (χ2v) is 5.11. The van der Waals surface area contributed by atoms with Crippen molar-refractivity contribution in [3.05, 3.63) is 36.0 Å². The summed E-state index contributed by atoms with van der Waals surface area (Å²) in [5.74, 6) is 0.921. The lowest BCUT2D eigenvalue weighted by Gasteiger charge is -2.07. The smallest absolute Gasteiger partial charge is 0.120 e. The Balaban J connectivity index is 1.73. The second-order valence-electron chi connectivity index (χ2n) is 5.11. The van der Waals surface area contributed by atoms with Crippen LogP contribution in [-0.4, -0.2) is 24.2 Å². The summed E-state index contributed by atoms with van der Waals surface area (Å²) in [6, 6.07) is 9.07. The number of benzene rings is 1. The van der Waals surface area contributed by atoms with Crippen LogP contribution in [0.4, 0.5) is 0 Å². The van der Waals surface area contributed by atoms with Crippen molar-refractivity contribution >= 4 is 10.9 Å². The molecule has 1 N–H and O–H groups in total. The molecule has 0 aliphatic heterocycles. The van der Waals surface area contributed by atoms with Gasteiger partial charge in [0.25, 0.3) is 0 Å². The van der Waals surface area contributed by atoms with Gasteiger partial charge in [0.15, 0.2) is 0 Å². The van der Waals surface area contributed by atoms with Crippen molar-refractivity contribution in [2.45, 2.75) is 32.2 Å². The van der Waals surface area contributed by atoms with Crippen LogP contribution in [-0.2, 0) is 6.42 Å². The molecule has 1 fully saturated rings. The molecule has 1 aromatic carbocycles. The lowest BCUT2D eigenvalue weighted by atomic mass is 10.1. The zero-order valence-corrected chi connectivity index (χ0v) is 11.4. The predicted octanol–water partition coefficient (Wildman–Crippen LogP) is 2.93. The van der Waals surface area contributed by atoms with E-state index in [0.717, 1.165) is 35.7 Å². The van der Waals surface area contributed by atoms with Crippen molar-refractivity contribution < 1.29 is 4.74 Å². The molecular weight excluding hydrogens is 236 g/mol. The number of ether oxygens (including phenoxy) is 1. The van der Waals surface area contributed by atoms with E-state index in [0.29, 0.717) is 6.61 Å². The SMILES string of the molecule is CCOc1ccc2ncc(CCNC3CC3)cc2c1. The molecule has 0 radical (unpaired) electrons. The molecule has 0 spiro atoms. The number of hydrogen-bond acceptors (Lipinski definition) is 3. The van der Waals surface area contributed by atoms with Gasteiger partial charge in [-0.25, -0.2) is 0 Å². The number of nitrogens with zero attached hydrogens (tertiary/aromatic N) is 1. The number of nitrogens with one attached hydrogen (secondary N) is 1. The molecule has 1 aromatic heterocycles. The molecule has 0 amide bonds. The monoisotopic (exact) mass is 256 g/mol. The molecule has 100 valence electrons. The lowest BCUT2D eigenvalue weighted by Crippen LogP contribution is -2.19. The maximum atomic E-state index is 5.53. The lowest BCUT2D eigenvalue weighted by molar-refractivity contribution is 0.340. The minimum atomic E-state index is 0.698. The molecule has 1 heterocycles. The first-order chi connectivity index (χ1) is 9.35. The minimum absolute atomic E-state index is 0.698. The third kappa shape index (κ3) is 3.24. The summed E-state index contributed by atoms with van der Waals surface area (Å²) in [6.07, 6.45) is 5.71. The number of hydrogen-bond donors (Lipinski definition) is 1. The summed E-state index contributed by atoms with van der Waals surface area (Å²) in [5.41, 5.74) is 2.32. The van der Waals surface area contributed by atoms with Gasteiger partial charge in [0, 0.05) is 17.6 Å². The molecule has 2 aromatic rings. The van der Waals surface area contributed by atoms with Crippen LogP contribution < -0.4 is 10.1 Å². The van der Waals surface area contributed by atoms with Crippen molar-refractivity contribution in [3.8, 4) is 5.75 Å². The maximum Gasteiger partial charge on any atom is 0.120 e. The third-order valence-corrected chi connectivity index (χ3v) is 3.44. The second kappa shape index (κ2) is 5.57. The van der Waals surface area contributed by atoms with Crippen molar-refractivity contribution in [1.82, 2.24) is 10.3 Å². The summed E-state index contributed by atoms with van der Waals surface area (Å²) in [4.78, 5) is 4.51. The molecule has 0 saturated heterocycles. The van der Waals surface area contributed by atoms with E-state index >= 15 is 0 Å². The molecule has 1 saturated carbocycles. The van der Waals surface area contributed by atoms with Crippen LogP contribution in [0.2, 0.25) is 0 Å². The van der Waals surface area contributed by atoms with Gasteiger partial charge in [0.2, 0.25) is 0 Å². The van der Waals surface area contributed by atoms with Gasteiger partial charge < -0.3 is 10.1 Å². The van der Waals surface area contributed by atoms with E-state index in [-0.39, 0.29) is 0 Å². The Morgan fingerprint density at radius 3 is 3.00 bits per heavy atom. The zero-order valence-electron chi connectivity index (χ0n) is 11.4. The highest BCUT2D eigenvalue weighted by molar-refractivity contribution is 5.80. The minimum Gasteiger partial charge on any atom is -0.494 e. The van der Waals surface area contributed by atoms with Gasteiger partial charge in [-0.1, -0.05) is 0 Å². The van der Waals surface area contributed by atoms with E-state index in [1.807, 2.05) is 25.3 Å². The Bertz CT molecular complexity index is 564. The third-order valence-electron chi connectivity index (χ3n) is 3.44. The van der Waals surface area contributed by atoms with Gasteiger partial charge in [-0.15, -0.1) is 0 Å². The van der Waals surface area contributed by atoms with Crippen LogP contribution in [0.15, 0.2) is 30.5 Å². The van der Waals surface area contributed by atoms with Crippen LogP contribution in [0.1, 0.15) is 25.3 Å². The molecule has 3 rings (SSSR count). The zero-order chi connectivity index (χ0) is 13.1. The van der Waals surface area contributed by atoms with E-state index in [9.17, 15) is 0 Å². The fourth-order valence-corrected chi connectivity index (χ4v) is 2.26. The van der Waals surface area contributed by atoms with Crippen molar-refractivity contribution in [2.75, 3.05) is 13.2 Å². The van der Waals surface area contributed by atoms with Gasteiger partial charge in [-0.05, 0) is 62.6 Å². The average molecular weight is 256 g/mol. The van der Waals surface area contributed by atoms with E-state index in [1.165, 1.54) is 18.4 Å². The molecule has 19 heavy (non-hydrogen) atoms. The summed E-state index contributed by atoms with van der Waals surface area (Å²) >= 11 is 0. The summed E-state index contributed by atoms with van der Waals surface area (Å²) < 4.78 is 5.53. The van der Waals surface area contributed by atoms with Gasteiger partial charge in [0.1, 0.15) is 5.75 Å². The number of aromatic nitrogens is 1. The first-order valence-electron chi connectivity index (χ1n) is 7.10. The Morgan fingerprint density at radius 1 is 1.32 bits per heavy atom. The number of fused-ring (bicyclic) bond motifs is 1. The maximum absolute atomic E-state index is 5.53. The molecule has 3 nitrogen and oxygen atoms in total. The van der Waals surface area contributed by atoms with Crippen LogP contribution in [0.3, 0.4) is 0 Å². The van der Waals surface area contributed by atoms with Gasteiger partial charge >= 0.3 is 0 Å². The molecule has 1 aliphatic rings. The van der Waals surface area contributed by atoms with Crippen molar-refractivity contribution in [2.24, 2.45) is 0 Å². The highest BCUT2D eigenvalue weighted by atomic mass is 16.5. The fourth-order valence-electron chi connectivity index (χ4n) is 2.26. The van der Waals surface area contributed by atoms with Crippen LogP contribution in [0.25, 0.3) is 10.9 Å². The molecule has 0 bridgehead atoms. The van der Waals surface area contributed by atoms with Gasteiger partial charge in [-0.2, -0.15) is 0 Å². The number of pyridine rings is 1. The summed E-state index contributed by atoms with van der Waals surface area (Å²) in [7, 11) is 0. The topological polar surface area (TPSA) is 34.1 Å². The van der Waals surface area contributed by atoms with Crippen LogP contribution in [0.5, 0.6) is 5.75 Å².